The summed E-state index contributed by atoms with van der Waals surface area (Å²) in [7, 11) is 0. The number of aliphatic hydroxyl groups is 1. The number of ether oxygens (including phenoxy) is 2. The SMILES string of the molecule is Cc1cc(Cn2c(N3CC4(CNC4)C3)nc3c(N4CCN(CCOCCOCCC(=O)NC(C(=O)N5CC(O)CC5C(=O)NC(C)c5ccc(-c6scnc6C)cc5)C(C)(C)C)CC4)cc(Cl)cc32)cc(C)c1F. The Morgan fingerprint density at radius 3 is 2.27 bits per heavy atom. The van der Waals surface area contributed by atoms with Crippen molar-refractivity contribution in [2.75, 3.05) is 102 Å². The van der Waals surface area contributed by atoms with Gasteiger partial charge < -0.3 is 49.8 Å². The third-order valence-electron chi connectivity index (χ3n) is 15.1. The van der Waals surface area contributed by atoms with Crippen LogP contribution in [0.3, 0.4) is 0 Å². The number of fused-ring (bicyclic) bond motifs is 1. The van der Waals surface area contributed by atoms with E-state index in [1.165, 1.54) is 4.90 Å². The number of likely N-dealkylation sites (tertiary alicyclic amines) is 1. The molecule has 4 saturated heterocycles. The van der Waals surface area contributed by atoms with Gasteiger partial charge in [0.25, 0.3) is 0 Å². The number of piperazine rings is 1. The topological polar surface area (TPSA) is 170 Å². The normalized spacial score (nSPS) is 19.7. The highest BCUT2D eigenvalue weighted by molar-refractivity contribution is 7.13. The number of thiazole rings is 1. The highest BCUT2D eigenvalue weighted by atomic mass is 35.5. The van der Waals surface area contributed by atoms with Gasteiger partial charge in [-0.1, -0.05) is 68.8 Å². The lowest BCUT2D eigenvalue weighted by atomic mass is 9.75. The maximum Gasteiger partial charge on any atom is 0.246 e. The van der Waals surface area contributed by atoms with Crippen LogP contribution in [0, 0.1) is 37.4 Å². The Balaban J connectivity index is 0.706. The number of imidazole rings is 1. The predicted molar refractivity (Wildman–Crippen MR) is 288 cm³/mol. The van der Waals surface area contributed by atoms with E-state index in [2.05, 4.69) is 40.2 Å². The molecular weight excluding hydrogens is 983 g/mol. The average Bonchev–Trinajstić information content (AvgIpc) is 4.05. The molecule has 1 spiro atoms. The number of hydrogen-bond donors (Lipinski definition) is 4. The fourth-order valence-electron chi connectivity index (χ4n) is 10.9. The summed E-state index contributed by atoms with van der Waals surface area (Å²) in [5, 5.41) is 20.7. The van der Waals surface area contributed by atoms with Crippen LogP contribution in [0.4, 0.5) is 16.0 Å². The molecule has 5 aromatic rings. The van der Waals surface area contributed by atoms with E-state index in [0.29, 0.717) is 47.9 Å². The summed E-state index contributed by atoms with van der Waals surface area (Å²) in [6, 6.07) is 13.7. The second-order valence-corrected chi connectivity index (χ2v) is 23.3. The second kappa shape index (κ2) is 22.6. The van der Waals surface area contributed by atoms with Crippen LogP contribution in [-0.2, 0) is 30.4 Å². The Labute approximate surface area is 442 Å². The van der Waals surface area contributed by atoms with E-state index in [4.69, 9.17) is 26.1 Å². The van der Waals surface area contributed by atoms with Crippen molar-refractivity contribution in [2.24, 2.45) is 10.8 Å². The molecule has 9 rings (SSSR count). The average molecular weight is 1060 g/mol. The summed E-state index contributed by atoms with van der Waals surface area (Å²) in [4.78, 5) is 60.4. The molecule has 4 atom stereocenters. The lowest BCUT2D eigenvalue weighted by Crippen LogP contribution is -2.71. The number of hydrogen-bond acceptors (Lipinski definition) is 13. The molecule has 74 heavy (non-hydrogen) atoms. The van der Waals surface area contributed by atoms with Crippen molar-refractivity contribution in [1.82, 2.24) is 40.3 Å². The molecule has 4 fully saturated rings. The first-order chi connectivity index (χ1) is 35.4. The van der Waals surface area contributed by atoms with Crippen molar-refractivity contribution in [3.8, 4) is 10.4 Å². The Bertz CT molecular complexity index is 2790. The Hall–Kier alpha value is -5.21. The van der Waals surface area contributed by atoms with E-state index in [1.54, 1.807) is 11.3 Å². The molecule has 19 heteroatoms. The van der Waals surface area contributed by atoms with E-state index >= 15 is 0 Å². The molecule has 6 heterocycles. The lowest BCUT2D eigenvalue weighted by molar-refractivity contribution is -0.144. The number of nitrogens with one attached hydrogen (secondary N) is 3. The third kappa shape index (κ3) is 11.9. The van der Waals surface area contributed by atoms with Crippen LogP contribution in [0.2, 0.25) is 5.02 Å². The monoisotopic (exact) mass is 1050 g/mol. The number of amides is 3. The predicted octanol–water partition coefficient (Wildman–Crippen LogP) is 6.25. The van der Waals surface area contributed by atoms with Crippen molar-refractivity contribution in [2.45, 2.75) is 92.1 Å². The number of carbonyl (C=O) groups excluding carboxylic acids is 3. The molecule has 2 aromatic heterocycles. The van der Waals surface area contributed by atoms with Gasteiger partial charge in [0.2, 0.25) is 23.7 Å². The number of carbonyl (C=O) groups is 3. The first-order valence-electron chi connectivity index (χ1n) is 26.0. The molecule has 4 aliphatic rings. The van der Waals surface area contributed by atoms with Crippen LogP contribution in [0.15, 0.2) is 54.0 Å². The molecule has 0 saturated carbocycles. The minimum Gasteiger partial charge on any atom is -0.391 e. The molecule has 0 bridgehead atoms. The molecule has 398 valence electrons. The van der Waals surface area contributed by atoms with Crippen molar-refractivity contribution in [3.63, 3.8) is 0 Å². The quantitative estimate of drug-likeness (QED) is 0.0688. The molecule has 4 N–H and O–H groups in total. The summed E-state index contributed by atoms with van der Waals surface area (Å²) in [5.41, 5.74) is 9.60. The molecule has 3 amide bonds. The van der Waals surface area contributed by atoms with E-state index in [1.807, 2.05) is 103 Å². The maximum absolute atomic E-state index is 14.7. The molecule has 0 aliphatic carbocycles. The Kier molecular flexibility index (Phi) is 16.3. The second-order valence-electron chi connectivity index (χ2n) is 22.0. The zero-order chi connectivity index (χ0) is 52.5. The first-order valence-corrected chi connectivity index (χ1v) is 27.2. The van der Waals surface area contributed by atoms with Crippen LogP contribution in [0.25, 0.3) is 21.5 Å². The smallest absolute Gasteiger partial charge is 0.246 e. The van der Waals surface area contributed by atoms with Gasteiger partial charge in [-0.15, -0.1) is 11.3 Å². The zero-order valence-corrected chi connectivity index (χ0v) is 45.4. The largest absolute Gasteiger partial charge is 0.391 e. The van der Waals surface area contributed by atoms with Gasteiger partial charge in [0, 0.05) is 88.7 Å². The number of aromatic nitrogens is 3. The van der Waals surface area contributed by atoms with Crippen LogP contribution in [-0.4, -0.2) is 157 Å². The standard InChI is InChI=1S/C55H72ClFN10O6S/c1-34-22-38(23-35(2)47(34)57)27-67-44-25-41(56)24-43(48(44)62-53(67)65-31-55(32-65)29-58-30-55)64-15-13-63(14-16-64)17-19-73-21-20-72-18-12-46(69)61-50(54(5,6)7)52(71)66-28-42(68)26-45(66)51(70)60-36(3)39-8-10-40(11-9-39)49-37(4)59-33-74-49/h8-11,22-25,33,36,42,45,50,58,68H,12-21,26-32H2,1-7H3,(H,60,70)(H,61,69). The number of nitrogens with zero attached hydrogens (tertiary/aromatic N) is 7. The number of rotatable bonds is 19. The van der Waals surface area contributed by atoms with E-state index < -0.39 is 29.5 Å². The summed E-state index contributed by atoms with van der Waals surface area (Å²) < 4.78 is 28.6. The Morgan fingerprint density at radius 2 is 1.64 bits per heavy atom. The fraction of sp³-hybridized carbons (Fsp3) is 0.545. The lowest BCUT2D eigenvalue weighted by Gasteiger charge is -2.56. The van der Waals surface area contributed by atoms with Crippen LogP contribution < -0.4 is 25.8 Å². The van der Waals surface area contributed by atoms with Crippen molar-refractivity contribution in [3.05, 3.63) is 92.8 Å². The molecular formula is C55H72ClFN10O6S. The van der Waals surface area contributed by atoms with Crippen molar-refractivity contribution < 1.29 is 33.4 Å². The van der Waals surface area contributed by atoms with Gasteiger partial charge >= 0.3 is 0 Å². The van der Waals surface area contributed by atoms with E-state index in [-0.39, 0.29) is 49.7 Å². The van der Waals surface area contributed by atoms with Gasteiger partial charge in [-0.3, -0.25) is 19.3 Å². The molecule has 4 unspecified atom stereocenters. The minimum atomic E-state index is -0.931. The summed E-state index contributed by atoms with van der Waals surface area (Å²) in [6.07, 6.45) is -0.723. The van der Waals surface area contributed by atoms with Crippen LogP contribution in [0.5, 0.6) is 0 Å². The summed E-state index contributed by atoms with van der Waals surface area (Å²) in [5.74, 6) is -0.354. The van der Waals surface area contributed by atoms with E-state index in [9.17, 15) is 23.9 Å². The van der Waals surface area contributed by atoms with Crippen LogP contribution in [0.1, 0.15) is 74.5 Å². The zero-order valence-electron chi connectivity index (χ0n) is 43.8. The van der Waals surface area contributed by atoms with Gasteiger partial charge in [-0.25, -0.2) is 14.4 Å². The Morgan fingerprint density at radius 1 is 0.946 bits per heavy atom. The number of anilines is 2. The van der Waals surface area contributed by atoms with Crippen molar-refractivity contribution in [1.29, 1.82) is 0 Å². The van der Waals surface area contributed by atoms with Gasteiger partial charge in [0.15, 0.2) is 0 Å². The minimum absolute atomic E-state index is 0.00451. The number of halogens is 2. The van der Waals surface area contributed by atoms with Gasteiger partial charge in [0.1, 0.15) is 23.4 Å². The highest BCUT2D eigenvalue weighted by Crippen LogP contribution is 2.41. The highest BCUT2D eigenvalue weighted by Gasteiger charge is 2.49. The van der Waals surface area contributed by atoms with E-state index in [0.717, 1.165) is 109 Å². The molecule has 16 nitrogen and oxygen atoms in total. The summed E-state index contributed by atoms with van der Waals surface area (Å²) in [6.45, 7) is 23.0. The number of aliphatic hydroxyl groups excluding tert-OH is 1. The van der Waals surface area contributed by atoms with Crippen LogP contribution >= 0.6 is 22.9 Å². The fourth-order valence-corrected chi connectivity index (χ4v) is 11.9. The first kappa shape index (κ1) is 53.6. The number of aryl methyl sites for hydroxylation is 3. The van der Waals surface area contributed by atoms with Gasteiger partial charge in [0.05, 0.1) is 72.4 Å². The maximum atomic E-state index is 14.7. The third-order valence-corrected chi connectivity index (χ3v) is 16.3. The number of β-amino-alcohol motifs (C(OH)–C–C–N with tert-alkyl or cyclic N) is 1. The van der Waals surface area contributed by atoms with Gasteiger partial charge in [-0.05, 0) is 73.1 Å². The number of benzene rings is 3. The van der Waals surface area contributed by atoms with Crippen molar-refractivity contribution >= 4 is 63.3 Å². The van der Waals surface area contributed by atoms with Gasteiger partial charge in [-0.2, -0.15) is 0 Å². The molecule has 3 aromatic carbocycles. The molecule has 4 aliphatic heterocycles. The summed E-state index contributed by atoms with van der Waals surface area (Å²) >= 11 is 8.45. The molecule has 0 radical (unpaired) electrons.